The third-order valence-corrected chi connectivity index (χ3v) is 3.50. The molecule has 3 nitrogen and oxygen atoms in total. The Morgan fingerprint density at radius 1 is 1.50 bits per heavy atom. The number of thiazole rings is 1. The van der Waals surface area contributed by atoms with Gasteiger partial charge < -0.3 is 5.73 Å². The average Bonchev–Trinajstić information content (AvgIpc) is 2.80. The number of nitrogens with zero attached hydrogens (tertiary/aromatic N) is 1. The third-order valence-electron chi connectivity index (χ3n) is 2.59. The van der Waals surface area contributed by atoms with Gasteiger partial charge in [0.15, 0.2) is 0 Å². The van der Waals surface area contributed by atoms with Crippen molar-refractivity contribution in [3.8, 4) is 0 Å². The summed E-state index contributed by atoms with van der Waals surface area (Å²) in [5.74, 6) is -0.659. The molecule has 0 saturated carbocycles. The second kappa shape index (κ2) is 5.37. The van der Waals surface area contributed by atoms with Gasteiger partial charge in [-0.05, 0) is 31.2 Å². The summed E-state index contributed by atoms with van der Waals surface area (Å²) in [7, 11) is 0. The number of hydrogen-bond acceptors (Lipinski definition) is 4. The van der Waals surface area contributed by atoms with E-state index in [1.165, 1.54) is 23.5 Å². The Morgan fingerprint density at radius 3 is 3.00 bits per heavy atom. The van der Waals surface area contributed by atoms with Crippen molar-refractivity contribution in [1.29, 1.82) is 0 Å². The SMILES string of the molecule is Cc1ccc(F)cc1C(=O)c1csc(CCN)n1. The van der Waals surface area contributed by atoms with Gasteiger partial charge in [0.25, 0.3) is 0 Å². The van der Waals surface area contributed by atoms with E-state index in [4.69, 9.17) is 5.73 Å². The molecule has 2 aromatic rings. The van der Waals surface area contributed by atoms with E-state index >= 15 is 0 Å². The summed E-state index contributed by atoms with van der Waals surface area (Å²) in [4.78, 5) is 16.4. The maximum absolute atomic E-state index is 13.2. The molecule has 0 aliphatic carbocycles. The van der Waals surface area contributed by atoms with Crippen molar-refractivity contribution < 1.29 is 9.18 Å². The molecule has 0 saturated heterocycles. The molecule has 0 radical (unpaired) electrons. The van der Waals surface area contributed by atoms with Crippen LogP contribution < -0.4 is 5.73 Å². The number of carbonyl (C=O) groups excluding carboxylic acids is 1. The molecule has 2 N–H and O–H groups in total. The predicted octanol–water partition coefficient (Wildman–Crippen LogP) is 2.32. The molecule has 2 rings (SSSR count). The summed E-state index contributed by atoms with van der Waals surface area (Å²) >= 11 is 1.40. The second-order valence-corrected chi connectivity index (χ2v) is 4.90. The van der Waals surface area contributed by atoms with Crippen LogP contribution in [0.25, 0.3) is 0 Å². The van der Waals surface area contributed by atoms with E-state index in [-0.39, 0.29) is 5.78 Å². The fourth-order valence-corrected chi connectivity index (χ4v) is 2.42. The van der Waals surface area contributed by atoms with Crippen LogP contribution in [0.15, 0.2) is 23.6 Å². The first-order valence-corrected chi connectivity index (χ1v) is 6.45. The summed E-state index contributed by atoms with van der Waals surface area (Å²) < 4.78 is 13.2. The third kappa shape index (κ3) is 2.63. The van der Waals surface area contributed by atoms with Crippen molar-refractivity contribution in [3.05, 3.63) is 51.2 Å². The number of benzene rings is 1. The molecule has 0 amide bonds. The van der Waals surface area contributed by atoms with Crippen LogP contribution >= 0.6 is 11.3 Å². The number of ketones is 1. The van der Waals surface area contributed by atoms with E-state index in [0.717, 1.165) is 10.6 Å². The monoisotopic (exact) mass is 264 g/mol. The van der Waals surface area contributed by atoms with E-state index in [1.807, 2.05) is 0 Å². The van der Waals surface area contributed by atoms with Gasteiger partial charge in [-0.15, -0.1) is 11.3 Å². The fourth-order valence-electron chi connectivity index (χ4n) is 1.63. The Bertz CT molecular complexity index is 580. The van der Waals surface area contributed by atoms with E-state index in [9.17, 15) is 9.18 Å². The van der Waals surface area contributed by atoms with Gasteiger partial charge >= 0.3 is 0 Å². The topological polar surface area (TPSA) is 56.0 Å². The zero-order valence-corrected chi connectivity index (χ0v) is 10.8. The smallest absolute Gasteiger partial charge is 0.212 e. The van der Waals surface area contributed by atoms with Crippen molar-refractivity contribution in [3.63, 3.8) is 0 Å². The van der Waals surface area contributed by atoms with Crippen molar-refractivity contribution in [2.75, 3.05) is 6.54 Å². The molecule has 1 aromatic carbocycles. The van der Waals surface area contributed by atoms with Crippen molar-refractivity contribution in [2.24, 2.45) is 5.73 Å². The van der Waals surface area contributed by atoms with Crippen LogP contribution in [-0.4, -0.2) is 17.3 Å². The van der Waals surface area contributed by atoms with E-state index in [1.54, 1.807) is 18.4 Å². The van der Waals surface area contributed by atoms with Crippen LogP contribution in [0.5, 0.6) is 0 Å². The number of nitrogens with two attached hydrogens (primary N) is 1. The lowest BCUT2D eigenvalue weighted by atomic mass is 10.0. The molecule has 1 heterocycles. The average molecular weight is 264 g/mol. The number of hydrogen-bond donors (Lipinski definition) is 1. The van der Waals surface area contributed by atoms with Gasteiger partial charge in [0.05, 0.1) is 5.01 Å². The summed E-state index contributed by atoms with van der Waals surface area (Å²) in [5.41, 5.74) is 6.90. The zero-order chi connectivity index (χ0) is 13.1. The maximum atomic E-state index is 13.2. The standard InChI is InChI=1S/C13H13FN2OS/c1-8-2-3-9(14)6-10(8)13(17)11-7-18-12(16-11)4-5-15/h2-3,6-7H,4-5,15H2,1H3. The molecule has 0 aliphatic heterocycles. The Labute approximate surface area is 108 Å². The van der Waals surface area contributed by atoms with Gasteiger partial charge in [0, 0.05) is 17.4 Å². The van der Waals surface area contributed by atoms with Gasteiger partial charge in [0.1, 0.15) is 11.5 Å². The van der Waals surface area contributed by atoms with Crippen LogP contribution in [0.2, 0.25) is 0 Å². The Balaban J connectivity index is 2.32. The lowest BCUT2D eigenvalue weighted by Gasteiger charge is -2.02. The van der Waals surface area contributed by atoms with Crippen LogP contribution in [0.1, 0.15) is 26.6 Å². The predicted molar refractivity (Wildman–Crippen MR) is 69.4 cm³/mol. The van der Waals surface area contributed by atoms with Gasteiger partial charge in [-0.1, -0.05) is 6.07 Å². The molecule has 0 fully saturated rings. The minimum Gasteiger partial charge on any atom is -0.330 e. The number of aromatic nitrogens is 1. The van der Waals surface area contributed by atoms with Crippen LogP contribution in [0, 0.1) is 12.7 Å². The highest BCUT2D eigenvalue weighted by Crippen LogP contribution is 2.18. The van der Waals surface area contributed by atoms with Crippen LogP contribution in [0.3, 0.4) is 0 Å². The summed E-state index contributed by atoms with van der Waals surface area (Å²) in [6, 6.07) is 4.18. The number of carbonyl (C=O) groups is 1. The molecular formula is C13H13FN2OS. The summed E-state index contributed by atoms with van der Waals surface area (Å²) in [6.07, 6.45) is 0.653. The molecular weight excluding hydrogens is 251 g/mol. The molecule has 0 spiro atoms. The van der Waals surface area contributed by atoms with E-state index in [2.05, 4.69) is 4.98 Å². The molecule has 0 atom stereocenters. The van der Waals surface area contributed by atoms with Crippen molar-refractivity contribution in [2.45, 2.75) is 13.3 Å². The normalized spacial score (nSPS) is 10.6. The minimum atomic E-state index is -0.415. The largest absolute Gasteiger partial charge is 0.330 e. The molecule has 0 bridgehead atoms. The first-order valence-electron chi connectivity index (χ1n) is 5.57. The van der Waals surface area contributed by atoms with E-state index in [0.29, 0.717) is 24.2 Å². The first-order chi connectivity index (χ1) is 8.61. The molecule has 0 unspecified atom stereocenters. The number of halogens is 1. The highest BCUT2D eigenvalue weighted by Gasteiger charge is 2.15. The molecule has 5 heteroatoms. The minimum absolute atomic E-state index is 0.244. The lowest BCUT2D eigenvalue weighted by molar-refractivity contribution is 0.103. The van der Waals surface area contributed by atoms with Gasteiger partial charge in [-0.2, -0.15) is 0 Å². The Morgan fingerprint density at radius 2 is 2.28 bits per heavy atom. The molecule has 1 aromatic heterocycles. The lowest BCUT2D eigenvalue weighted by Crippen LogP contribution is -2.06. The molecule has 18 heavy (non-hydrogen) atoms. The fraction of sp³-hybridized carbons (Fsp3) is 0.231. The Hall–Kier alpha value is -1.59. The number of aryl methyl sites for hydroxylation is 1. The van der Waals surface area contributed by atoms with Crippen molar-refractivity contribution >= 4 is 17.1 Å². The van der Waals surface area contributed by atoms with Crippen LogP contribution in [-0.2, 0) is 6.42 Å². The first kappa shape index (κ1) is 12.9. The molecule has 94 valence electrons. The molecule has 0 aliphatic rings. The van der Waals surface area contributed by atoms with Gasteiger partial charge in [-0.3, -0.25) is 4.79 Å². The quantitative estimate of drug-likeness (QED) is 0.862. The summed E-state index contributed by atoms with van der Waals surface area (Å²) in [6.45, 7) is 2.28. The van der Waals surface area contributed by atoms with Gasteiger partial charge in [-0.25, -0.2) is 9.37 Å². The zero-order valence-electron chi connectivity index (χ0n) is 9.94. The highest BCUT2D eigenvalue weighted by molar-refractivity contribution is 7.09. The number of rotatable bonds is 4. The second-order valence-electron chi connectivity index (χ2n) is 3.95. The van der Waals surface area contributed by atoms with Crippen molar-refractivity contribution in [1.82, 2.24) is 4.98 Å². The highest BCUT2D eigenvalue weighted by atomic mass is 32.1. The van der Waals surface area contributed by atoms with Crippen LogP contribution in [0.4, 0.5) is 4.39 Å². The van der Waals surface area contributed by atoms with E-state index < -0.39 is 5.82 Å². The maximum Gasteiger partial charge on any atom is 0.212 e. The van der Waals surface area contributed by atoms with Gasteiger partial charge in [0.2, 0.25) is 5.78 Å². The summed E-state index contributed by atoms with van der Waals surface area (Å²) in [5, 5.41) is 2.52. The Kier molecular flexibility index (Phi) is 3.84.